The minimum absolute atomic E-state index is 0.224. The molecule has 0 aliphatic heterocycles. The molecule has 0 saturated carbocycles. The van der Waals surface area contributed by atoms with E-state index in [0.29, 0.717) is 12.2 Å². The van der Waals surface area contributed by atoms with Gasteiger partial charge in [0.2, 0.25) is 0 Å². The second-order valence-electron chi connectivity index (χ2n) is 2.13. The van der Waals surface area contributed by atoms with Crippen LogP contribution in [-0.4, -0.2) is 16.1 Å². The molecule has 1 heterocycles. The molecular formula is C7H9NO2S2. The number of esters is 1. The molecule has 3 nitrogen and oxygen atoms in total. The zero-order valence-electron chi connectivity index (χ0n) is 6.40. The van der Waals surface area contributed by atoms with Gasteiger partial charge in [0.05, 0.1) is 12.1 Å². The third-order valence-electron chi connectivity index (χ3n) is 1.19. The predicted molar refractivity (Wildman–Crippen MR) is 50.4 cm³/mol. The van der Waals surface area contributed by atoms with Crippen molar-refractivity contribution >= 4 is 30.1 Å². The van der Waals surface area contributed by atoms with Crippen molar-refractivity contribution in [2.24, 2.45) is 0 Å². The van der Waals surface area contributed by atoms with Crippen molar-refractivity contribution in [3.63, 3.8) is 0 Å². The maximum absolute atomic E-state index is 10.8. The maximum Gasteiger partial charge on any atom is 0.307 e. The molecule has 0 fully saturated rings. The first-order valence-corrected chi connectivity index (χ1v) is 4.95. The number of hydrogen-bond acceptors (Lipinski definition) is 5. The average Bonchev–Trinajstić information content (AvgIpc) is 2.53. The summed E-state index contributed by atoms with van der Waals surface area (Å²) in [6.45, 7) is 0.274. The van der Waals surface area contributed by atoms with E-state index in [1.165, 1.54) is 11.5 Å². The summed E-state index contributed by atoms with van der Waals surface area (Å²) in [5.41, 5.74) is 0.799. The number of carbonyl (C=O) groups excluding carboxylic acids is 1. The molecule has 0 aromatic carbocycles. The summed E-state index contributed by atoms with van der Waals surface area (Å²) >= 11 is 5.26. The Kier molecular flexibility index (Phi) is 4.10. The molecular weight excluding hydrogens is 194 g/mol. The lowest BCUT2D eigenvalue weighted by atomic mass is 10.4. The first kappa shape index (κ1) is 9.54. The normalized spacial score (nSPS) is 9.75. The molecule has 1 aromatic rings. The van der Waals surface area contributed by atoms with Gasteiger partial charge < -0.3 is 4.74 Å². The molecule has 0 saturated heterocycles. The standard InChI is InChI=1S/C7H9NO2S2/c9-7(1-3-11)10-5-6-2-4-12-8-6/h2,4,11H,1,3,5H2. The quantitative estimate of drug-likeness (QED) is 0.595. The van der Waals surface area contributed by atoms with Gasteiger partial charge in [-0.15, -0.1) is 0 Å². The fourth-order valence-electron chi connectivity index (χ4n) is 0.630. The average molecular weight is 203 g/mol. The van der Waals surface area contributed by atoms with Gasteiger partial charge in [0.25, 0.3) is 0 Å². The van der Waals surface area contributed by atoms with Gasteiger partial charge in [0.1, 0.15) is 6.61 Å². The number of carbonyl (C=O) groups is 1. The highest BCUT2D eigenvalue weighted by Gasteiger charge is 2.02. The monoisotopic (exact) mass is 203 g/mol. The molecule has 0 unspecified atom stereocenters. The Morgan fingerprint density at radius 2 is 2.58 bits per heavy atom. The largest absolute Gasteiger partial charge is 0.459 e. The van der Waals surface area contributed by atoms with Crippen LogP contribution < -0.4 is 0 Å². The summed E-state index contributed by atoms with van der Waals surface area (Å²) in [6, 6.07) is 1.83. The second-order valence-corrected chi connectivity index (χ2v) is 3.24. The van der Waals surface area contributed by atoms with Crippen LogP contribution in [0.25, 0.3) is 0 Å². The fourth-order valence-corrected chi connectivity index (χ4v) is 1.34. The lowest BCUT2D eigenvalue weighted by molar-refractivity contribution is -0.144. The van der Waals surface area contributed by atoms with Gasteiger partial charge in [-0.1, -0.05) is 0 Å². The highest BCUT2D eigenvalue weighted by molar-refractivity contribution is 7.80. The van der Waals surface area contributed by atoms with E-state index >= 15 is 0 Å². The summed E-state index contributed by atoms with van der Waals surface area (Å²) in [7, 11) is 0. The van der Waals surface area contributed by atoms with E-state index in [1.54, 1.807) is 0 Å². The molecule has 0 bridgehead atoms. The van der Waals surface area contributed by atoms with Crippen LogP contribution in [0.1, 0.15) is 12.1 Å². The molecule has 0 atom stereocenters. The minimum Gasteiger partial charge on any atom is -0.459 e. The number of ether oxygens (including phenoxy) is 1. The topological polar surface area (TPSA) is 39.2 Å². The third kappa shape index (κ3) is 3.23. The molecule has 0 aliphatic carbocycles. The number of hydrogen-bond donors (Lipinski definition) is 1. The molecule has 1 aromatic heterocycles. The molecule has 5 heteroatoms. The zero-order valence-corrected chi connectivity index (χ0v) is 8.11. The smallest absolute Gasteiger partial charge is 0.307 e. The van der Waals surface area contributed by atoms with E-state index in [1.807, 2.05) is 11.4 Å². The van der Waals surface area contributed by atoms with Gasteiger partial charge in [-0.25, -0.2) is 0 Å². The molecule has 0 amide bonds. The summed E-state index contributed by atoms with van der Waals surface area (Å²) in [4.78, 5) is 10.8. The van der Waals surface area contributed by atoms with Crippen LogP contribution in [0.3, 0.4) is 0 Å². The fraction of sp³-hybridized carbons (Fsp3) is 0.429. The van der Waals surface area contributed by atoms with Crippen molar-refractivity contribution in [2.75, 3.05) is 5.75 Å². The first-order chi connectivity index (χ1) is 5.83. The summed E-state index contributed by atoms with van der Waals surface area (Å²) in [6.07, 6.45) is 0.354. The van der Waals surface area contributed by atoms with Crippen molar-refractivity contribution in [3.8, 4) is 0 Å². The lowest BCUT2D eigenvalue weighted by Crippen LogP contribution is -2.04. The van der Waals surface area contributed by atoms with Crippen molar-refractivity contribution in [1.82, 2.24) is 4.37 Å². The van der Waals surface area contributed by atoms with E-state index in [0.717, 1.165) is 5.69 Å². The molecule has 66 valence electrons. The van der Waals surface area contributed by atoms with Crippen LogP contribution in [0.5, 0.6) is 0 Å². The van der Waals surface area contributed by atoms with Gasteiger partial charge >= 0.3 is 5.97 Å². The van der Waals surface area contributed by atoms with E-state index in [2.05, 4.69) is 17.0 Å². The van der Waals surface area contributed by atoms with E-state index < -0.39 is 0 Å². The van der Waals surface area contributed by atoms with Gasteiger partial charge in [-0.2, -0.15) is 17.0 Å². The second kappa shape index (κ2) is 5.16. The molecule has 0 spiro atoms. The first-order valence-electron chi connectivity index (χ1n) is 3.48. The minimum atomic E-state index is -0.224. The molecule has 0 aliphatic rings. The van der Waals surface area contributed by atoms with E-state index in [4.69, 9.17) is 4.74 Å². The van der Waals surface area contributed by atoms with Gasteiger partial charge in [-0.05, 0) is 17.6 Å². The van der Waals surface area contributed by atoms with Crippen molar-refractivity contribution < 1.29 is 9.53 Å². The van der Waals surface area contributed by atoms with Crippen LogP contribution in [0.2, 0.25) is 0 Å². The molecule has 1 rings (SSSR count). The number of nitrogens with zero attached hydrogens (tertiary/aromatic N) is 1. The van der Waals surface area contributed by atoms with Crippen LogP contribution in [0, 0.1) is 0 Å². The molecule has 0 radical (unpaired) electrons. The van der Waals surface area contributed by atoms with E-state index in [9.17, 15) is 4.79 Å². The highest BCUT2D eigenvalue weighted by Crippen LogP contribution is 2.02. The lowest BCUT2D eigenvalue weighted by Gasteiger charge is -1.99. The Hall–Kier alpha value is -0.550. The Bertz CT molecular complexity index is 236. The number of thiol groups is 1. The predicted octanol–water partition coefficient (Wildman–Crippen LogP) is 1.51. The van der Waals surface area contributed by atoms with Crippen molar-refractivity contribution in [1.29, 1.82) is 0 Å². The SMILES string of the molecule is O=C(CCS)OCc1ccsn1. The van der Waals surface area contributed by atoms with Crippen molar-refractivity contribution in [3.05, 3.63) is 17.1 Å². The van der Waals surface area contributed by atoms with Crippen LogP contribution in [0.4, 0.5) is 0 Å². The Morgan fingerprint density at radius 1 is 1.75 bits per heavy atom. The summed E-state index contributed by atoms with van der Waals surface area (Å²) in [5, 5.41) is 1.85. The Labute approximate surface area is 80.3 Å². The number of aromatic nitrogens is 1. The van der Waals surface area contributed by atoms with Gasteiger partial charge in [-0.3, -0.25) is 4.79 Å². The Balaban J connectivity index is 2.22. The van der Waals surface area contributed by atoms with E-state index in [-0.39, 0.29) is 12.6 Å². The summed E-state index contributed by atoms with van der Waals surface area (Å²) in [5.74, 6) is 0.300. The van der Waals surface area contributed by atoms with Gasteiger partial charge in [0.15, 0.2) is 0 Å². The third-order valence-corrected chi connectivity index (χ3v) is 2.01. The van der Waals surface area contributed by atoms with Crippen molar-refractivity contribution in [2.45, 2.75) is 13.0 Å². The van der Waals surface area contributed by atoms with Crippen LogP contribution in [0.15, 0.2) is 11.4 Å². The molecule has 12 heavy (non-hydrogen) atoms. The van der Waals surface area contributed by atoms with Crippen LogP contribution in [-0.2, 0) is 16.1 Å². The van der Waals surface area contributed by atoms with Gasteiger partial charge in [0, 0.05) is 11.1 Å². The summed E-state index contributed by atoms with van der Waals surface area (Å²) < 4.78 is 8.88. The zero-order chi connectivity index (χ0) is 8.81. The molecule has 0 N–H and O–H groups in total. The number of rotatable bonds is 4. The Morgan fingerprint density at radius 3 is 3.17 bits per heavy atom. The highest BCUT2D eigenvalue weighted by atomic mass is 32.1. The maximum atomic E-state index is 10.8. The van der Waals surface area contributed by atoms with Crippen LogP contribution >= 0.6 is 24.2 Å².